The van der Waals surface area contributed by atoms with Crippen molar-refractivity contribution in [2.75, 3.05) is 13.1 Å². The van der Waals surface area contributed by atoms with E-state index >= 15 is 0 Å². The fraction of sp³-hybridized carbons (Fsp3) is 0.526. The predicted octanol–water partition coefficient (Wildman–Crippen LogP) is 1.53. The van der Waals surface area contributed by atoms with Gasteiger partial charge in [-0.2, -0.15) is 5.10 Å². The molecule has 6 heteroatoms. The molecule has 2 aromatic rings. The first kappa shape index (κ1) is 16.3. The number of nitrogens with one attached hydrogen (secondary N) is 1. The van der Waals surface area contributed by atoms with E-state index in [1.54, 1.807) is 12.3 Å². The van der Waals surface area contributed by atoms with Crippen LogP contribution in [-0.2, 0) is 11.3 Å². The molecule has 4 rings (SSSR count). The van der Waals surface area contributed by atoms with Crippen LogP contribution < -0.4 is 10.9 Å². The summed E-state index contributed by atoms with van der Waals surface area (Å²) in [4.78, 5) is 27.5. The SMILES string of the molecule is C[C@]12CCCN(C(=O)Cn3ncc4ccccc4c3=O)[C@@H]1CCCN2. The average Bonchev–Trinajstić information content (AvgIpc) is 2.63. The lowest BCUT2D eigenvalue weighted by Crippen LogP contribution is -2.66. The second-order valence-electron chi connectivity index (χ2n) is 7.39. The summed E-state index contributed by atoms with van der Waals surface area (Å²) in [6, 6.07) is 7.56. The van der Waals surface area contributed by atoms with Crippen LogP contribution in [0.15, 0.2) is 35.3 Å². The van der Waals surface area contributed by atoms with Crippen molar-refractivity contribution in [3.8, 4) is 0 Å². The summed E-state index contributed by atoms with van der Waals surface area (Å²) < 4.78 is 1.30. The monoisotopic (exact) mass is 340 g/mol. The van der Waals surface area contributed by atoms with Gasteiger partial charge in [0.1, 0.15) is 6.54 Å². The van der Waals surface area contributed by atoms with Crippen molar-refractivity contribution in [3.05, 3.63) is 40.8 Å². The molecule has 25 heavy (non-hydrogen) atoms. The number of likely N-dealkylation sites (tertiary alicyclic amines) is 1. The first-order chi connectivity index (χ1) is 12.1. The summed E-state index contributed by atoms with van der Waals surface area (Å²) in [5.74, 6) is -0.00972. The van der Waals surface area contributed by atoms with Gasteiger partial charge in [-0.1, -0.05) is 18.2 Å². The molecule has 6 nitrogen and oxygen atoms in total. The zero-order valence-corrected chi connectivity index (χ0v) is 14.6. The van der Waals surface area contributed by atoms with Crippen LogP contribution in [-0.4, -0.2) is 45.3 Å². The van der Waals surface area contributed by atoms with Crippen molar-refractivity contribution in [1.29, 1.82) is 0 Å². The number of aromatic nitrogens is 2. The van der Waals surface area contributed by atoms with Crippen LogP contribution in [0.25, 0.3) is 10.8 Å². The third kappa shape index (κ3) is 2.84. The fourth-order valence-electron chi connectivity index (χ4n) is 4.39. The third-order valence-electron chi connectivity index (χ3n) is 5.76. The summed E-state index contributed by atoms with van der Waals surface area (Å²) in [6.45, 7) is 4.01. The van der Waals surface area contributed by atoms with Gasteiger partial charge in [-0.25, -0.2) is 4.68 Å². The van der Waals surface area contributed by atoms with Gasteiger partial charge in [0.15, 0.2) is 0 Å². The Hall–Kier alpha value is -2.21. The quantitative estimate of drug-likeness (QED) is 0.900. The summed E-state index contributed by atoms with van der Waals surface area (Å²) in [7, 11) is 0. The Kier molecular flexibility index (Phi) is 4.07. The number of carbonyl (C=O) groups is 1. The number of piperidine rings is 2. The summed E-state index contributed by atoms with van der Waals surface area (Å²) in [6.07, 6.45) is 5.85. The molecular weight excluding hydrogens is 316 g/mol. The van der Waals surface area contributed by atoms with Crippen molar-refractivity contribution in [3.63, 3.8) is 0 Å². The summed E-state index contributed by atoms with van der Waals surface area (Å²) >= 11 is 0. The van der Waals surface area contributed by atoms with Crippen LogP contribution in [0, 0.1) is 0 Å². The van der Waals surface area contributed by atoms with Crippen molar-refractivity contribution < 1.29 is 4.79 Å². The van der Waals surface area contributed by atoms with Crippen LogP contribution in [0.2, 0.25) is 0 Å². The van der Waals surface area contributed by atoms with E-state index in [9.17, 15) is 9.59 Å². The lowest BCUT2D eigenvalue weighted by Gasteiger charge is -2.51. The minimum Gasteiger partial charge on any atom is -0.336 e. The number of hydrogen-bond acceptors (Lipinski definition) is 4. The van der Waals surface area contributed by atoms with Crippen molar-refractivity contribution in [2.24, 2.45) is 0 Å². The molecule has 2 aliphatic heterocycles. The van der Waals surface area contributed by atoms with Crippen LogP contribution >= 0.6 is 0 Å². The molecule has 0 aliphatic carbocycles. The Bertz CT molecular complexity index is 858. The second-order valence-corrected chi connectivity index (χ2v) is 7.39. The first-order valence-corrected chi connectivity index (χ1v) is 9.08. The molecule has 0 bridgehead atoms. The van der Waals surface area contributed by atoms with E-state index in [0.717, 1.165) is 44.2 Å². The highest BCUT2D eigenvalue weighted by molar-refractivity contribution is 5.81. The van der Waals surface area contributed by atoms with Gasteiger partial charge in [0, 0.05) is 23.5 Å². The van der Waals surface area contributed by atoms with Gasteiger partial charge in [0.2, 0.25) is 5.91 Å². The maximum Gasteiger partial charge on any atom is 0.275 e. The molecule has 1 aromatic heterocycles. The number of nitrogens with zero attached hydrogens (tertiary/aromatic N) is 3. The molecule has 1 amide bonds. The van der Waals surface area contributed by atoms with Crippen LogP contribution in [0.3, 0.4) is 0 Å². The number of amides is 1. The molecule has 2 saturated heterocycles. The molecule has 2 aliphatic rings. The van der Waals surface area contributed by atoms with E-state index in [1.165, 1.54) is 4.68 Å². The maximum atomic E-state index is 13.0. The summed E-state index contributed by atoms with van der Waals surface area (Å²) in [5, 5.41) is 9.22. The van der Waals surface area contributed by atoms with E-state index in [1.807, 2.05) is 23.1 Å². The molecule has 0 saturated carbocycles. The molecule has 2 atom stereocenters. The Morgan fingerprint density at radius 3 is 3.08 bits per heavy atom. The predicted molar refractivity (Wildman–Crippen MR) is 96.4 cm³/mol. The number of carbonyl (C=O) groups excluding carboxylic acids is 1. The van der Waals surface area contributed by atoms with Crippen LogP contribution in [0.5, 0.6) is 0 Å². The average molecular weight is 340 g/mol. The highest BCUT2D eigenvalue weighted by atomic mass is 16.2. The van der Waals surface area contributed by atoms with E-state index in [2.05, 4.69) is 17.3 Å². The zero-order valence-electron chi connectivity index (χ0n) is 14.6. The Morgan fingerprint density at radius 1 is 1.36 bits per heavy atom. The van der Waals surface area contributed by atoms with Crippen LogP contribution in [0.1, 0.15) is 32.6 Å². The third-order valence-corrected chi connectivity index (χ3v) is 5.76. The van der Waals surface area contributed by atoms with Gasteiger partial charge in [0.05, 0.1) is 11.6 Å². The lowest BCUT2D eigenvalue weighted by atomic mass is 9.78. The summed E-state index contributed by atoms with van der Waals surface area (Å²) in [5.41, 5.74) is -0.207. The second kappa shape index (κ2) is 6.26. The Balaban J connectivity index is 1.59. The molecule has 0 spiro atoms. The minimum atomic E-state index is -0.201. The molecule has 2 fully saturated rings. The molecule has 1 N–H and O–H groups in total. The smallest absolute Gasteiger partial charge is 0.275 e. The first-order valence-electron chi connectivity index (χ1n) is 9.08. The molecule has 0 unspecified atom stereocenters. The molecular formula is C19H24N4O2. The van der Waals surface area contributed by atoms with Crippen LogP contribution in [0.4, 0.5) is 0 Å². The molecule has 3 heterocycles. The molecule has 0 radical (unpaired) electrons. The normalized spacial score (nSPS) is 26.4. The van der Waals surface area contributed by atoms with Crippen molar-refractivity contribution in [2.45, 2.75) is 50.7 Å². The Morgan fingerprint density at radius 2 is 2.20 bits per heavy atom. The zero-order chi connectivity index (χ0) is 17.4. The number of benzene rings is 1. The number of rotatable bonds is 2. The molecule has 132 valence electrons. The largest absolute Gasteiger partial charge is 0.336 e. The standard InChI is InChI=1S/C19H24N4O2/c1-19-9-5-11-22(16(19)8-4-10-20-19)17(24)13-23-18(25)15-7-3-2-6-14(15)12-21-23/h2-3,6-7,12,16,20H,4-5,8-11,13H2,1H3/t16-,19+/m1/s1. The Labute approximate surface area is 146 Å². The van der Waals surface area contributed by atoms with Gasteiger partial charge in [0.25, 0.3) is 5.56 Å². The molecule has 1 aromatic carbocycles. The lowest BCUT2D eigenvalue weighted by molar-refractivity contribution is -0.139. The van der Waals surface area contributed by atoms with E-state index in [0.29, 0.717) is 5.39 Å². The fourth-order valence-corrected chi connectivity index (χ4v) is 4.39. The highest BCUT2D eigenvalue weighted by Gasteiger charge is 2.44. The van der Waals surface area contributed by atoms with Crippen molar-refractivity contribution in [1.82, 2.24) is 20.0 Å². The van der Waals surface area contributed by atoms with Crippen molar-refractivity contribution >= 4 is 16.7 Å². The van der Waals surface area contributed by atoms with Gasteiger partial charge < -0.3 is 10.2 Å². The van der Waals surface area contributed by atoms with Gasteiger partial charge in [-0.3, -0.25) is 9.59 Å². The van der Waals surface area contributed by atoms with Gasteiger partial charge in [-0.15, -0.1) is 0 Å². The maximum absolute atomic E-state index is 13.0. The topological polar surface area (TPSA) is 67.2 Å². The van der Waals surface area contributed by atoms with E-state index in [4.69, 9.17) is 0 Å². The minimum absolute atomic E-state index is 0.00602. The van der Waals surface area contributed by atoms with Gasteiger partial charge in [-0.05, 0) is 45.2 Å². The number of fused-ring (bicyclic) bond motifs is 2. The van der Waals surface area contributed by atoms with E-state index in [-0.39, 0.29) is 29.6 Å². The highest BCUT2D eigenvalue weighted by Crippen LogP contribution is 2.33. The number of hydrogen-bond donors (Lipinski definition) is 1. The van der Waals surface area contributed by atoms with E-state index < -0.39 is 0 Å². The van der Waals surface area contributed by atoms with Gasteiger partial charge >= 0.3 is 0 Å².